The lowest BCUT2D eigenvalue weighted by Gasteiger charge is -2.12. The molecule has 150 valence electrons. The largest absolute Gasteiger partial charge is 0.497 e. The van der Waals surface area contributed by atoms with Crippen LogP contribution >= 0.6 is 0 Å². The van der Waals surface area contributed by atoms with Crippen LogP contribution in [0.5, 0.6) is 5.75 Å². The second-order valence-electron chi connectivity index (χ2n) is 6.71. The number of halogens is 3. The molecule has 4 rings (SSSR count). The third-order valence-corrected chi connectivity index (χ3v) is 4.95. The average Bonchev–Trinajstić information content (AvgIpc) is 3.20. The zero-order valence-corrected chi connectivity index (χ0v) is 16.2. The van der Waals surface area contributed by atoms with Crippen LogP contribution in [0.25, 0.3) is 28.0 Å². The van der Waals surface area contributed by atoms with Crippen molar-refractivity contribution in [3.05, 3.63) is 53.5 Å². The molecule has 0 aliphatic carbocycles. The zero-order valence-electron chi connectivity index (χ0n) is 16.2. The van der Waals surface area contributed by atoms with E-state index in [4.69, 9.17) is 4.74 Å². The van der Waals surface area contributed by atoms with E-state index in [0.29, 0.717) is 17.0 Å². The molecule has 0 spiro atoms. The van der Waals surface area contributed by atoms with Gasteiger partial charge in [-0.05, 0) is 44.2 Å². The zero-order chi connectivity index (χ0) is 20.9. The number of ether oxygens (including phenoxy) is 1. The summed E-state index contributed by atoms with van der Waals surface area (Å²) in [5.74, 6) is 0.637. The Morgan fingerprint density at radius 1 is 1.07 bits per heavy atom. The van der Waals surface area contributed by atoms with Crippen molar-refractivity contribution in [3.63, 3.8) is 0 Å². The number of benzene rings is 1. The van der Waals surface area contributed by atoms with Crippen molar-refractivity contribution < 1.29 is 17.9 Å². The molecule has 6 nitrogen and oxygen atoms in total. The van der Waals surface area contributed by atoms with Gasteiger partial charge in [-0.3, -0.25) is 4.68 Å². The third-order valence-electron chi connectivity index (χ3n) is 4.95. The van der Waals surface area contributed by atoms with Crippen molar-refractivity contribution in [1.29, 1.82) is 0 Å². The summed E-state index contributed by atoms with van der Waals surface area (Å²) >= 11 is 0. The Morgan fingerprint density at radius 3 is 2.31 bits per heavy atom. The number of pyridine rings is 1. The van der Waals surface area contributed by atoms with Gasteiger partial charge >= 0.3 is 6.18 Å². The summed E-state index contributed by atoms with van der Waals surface area (Å²) in [4.78, 5) is 4.55. The topological polar surface area (TPSA) is 57.8 Å². The quantitative estimate of drug-likeness (QED) is 0.508. The smallest absolute Gasteiger partial charge is 0.417 e. The Labute approximate surface area is 164 Å². The van der Waals surface area contributed by atoms with Crippen LogP contribution in [-0.4, -0.2) is 31.7 Å². The number of hydrogen-bond acceptors (Lipinski definition) is 4. The van der Waals surface area contributed by atoms with E-state index in [2.05, 4.69) is 15.2 Å². The summed E-state index contributed by atoms with van der Waals surface area (Å²) in [5.41, 5.74) is 1.68. The molecule has 0 amide bonds. The first-order valence-corrected chi connectivity index (χ1v) is 8.81. The van der Waals surface area contributed by atoms with Gasteiger partial charge in [-0.15, -0.1) is 0 Å². The minimum atomic E-state index is -4.55. The number of hydrogen-bond donors (Lipinski definition) is 0. The predicted molar refractivity (Wildman–Crippen MR) is 102 cm³/mol. The number of nitrogens with zero attached hydrogens (tertiary/aromatic N) is 5. The van der Waals surface area contributed by atoms with Crippen LogP contribution in [0.4, 0.5) is 13.2 Å². The van der Waals surface area contributed by atoms with Crippen molar-refractivity contribution in [2.45, 2.75) is 20.0 Å². The molecule has 1 aromatic carbocycles. The molecular weight excluding hydrogens is 383 g/mol. The first kappa shape index (κ1) is 19.0. The number of methoxy groups -OCH3 is 1. The van der Waals surface area contributed by atoms with E-state index in [1.54, 1.807) is 57.0 Å². The van der Waals surface area contributed by atoms with E-state index < -0.39 is 11.7 Å². The highest BCUT2D eigenvalue weighted by Crippen LogP contribution is 2.39. The first-order valence-electron chi connectivity index (χ1n) is 8.81. The fourth-order valence-electron chi connectivity index (χ4n) is 3.30. The maximum atomic E-state index is 13.9. The summed E-state index contributed by atoms with van der Waals surface area (Å²) in [7, 11) is 3.27. The van der Waals surface area contributed by atoms with Gasteiger partial charge in [-0.25, -0.2) is 9.67 Å². The lowest BCUT2D eigenvalue weighted by Crippen LogP contribution is -2.08. The molecule has 0 bridgehead atoms. The summed E-state index contributed by atoms with van der Waals surface area (Å²) in [6, 6.07) is 7.96. The van der Waals surface area contributed by atoms with Gasteiger partial charge in [0.05, 0.1) is 41.3 Å². The van der Waals surface area contributed by atoms with Crippen LogP contribution in [0.1, 0.15) is 17.0 Å². The monoisotopic (exact) mass is 401 g/mol. The van der Waals surface area contributed by atoms with Crippen molar-refractivity contribution in [2.24, 2.45) is 7.05 Å². The maximum absolute atomic E-state index is 13.9. The van der Waals surface area contributed by atoms with Crippen molar-refractivity contribution in [1.82, 2.24) is 24.5 Å². The second kappa shape index (κ2) is 6.61. The molecule has 0 saturated carbocycles. The lowest BCUT2D eigenvalue weighted by atomic mass is 10.1. The van der Waals surface area contributed by atoms with Crippen LogP contribution in [0, 0.1) is 13.8 Å². The molecule has 0 N–H and O–H groups in total. The molecule has 0 radical (unpaired) electrons. The molecule has 29 heavy (non-hydrogen) atoms. The average molecular weight is 401 g/mol. The minimum absolute atomic E-state index is 0.0152. The van der Waals surface area contributed by atoms with Crippen LogP contribution in [-0.2, 0) is 13.2 Å². The molecule has 0 aliphatic rings. The standard InChI is InChI=1S/C20H18F3N5O/c1-11-18-16(20(21,22)23)9-17(15-10-24-27(3)12(15)2)25-19(18)28(26-11)13-5-7-14(29-4)8-6-13/h5-10H,1-4H3. The molecule has 0 saturated heterocycles. The fraction of sp³-hybridized carbons (Fsp3) is 0.250. The molecule has 4 aromatic rings. The second-order valence-corrected chi connectivity index (χ2v) is 6.71. The Kier molecular flexibility index (Phi) is 4.33. The highest BCUT2D eigenvalue weighted by molar-refractivity contribution is 5.87. The molecule has 0 fully saturated rings. The maximum Gasteiger partial charge on any atom is 0.417 e. The van der Waals surface area contributed by atoms with Crippen molar-refractivity contribution >= 4 is 11.0 Å². The van der Waals surface area contributed by atoms with Crippen LogP contribution in [0.2, 0.25) is 0 Å². The predicted octanol–water partition coefficient (Wildman–Crippen LogP) is 4.47. The van der Waals surface area contributed by atoms with Gasteiger partial charge < -0.3 is 4.74 Å². The van der Waals surface area contributed by atoms with Gasteiger partial charge in [0.1, 0.15) is 5.75 Å². The fourth-order valence-corrected chi connectivity index (χ4v) is 3.30. The van der Waals surface area contributed by atoms with Gasteiger partial charge in [-0.1, -0.05) is 0 Å². The molecular formula is C20H18F3N5O. The summed E-state index contributed by atoms with van der Waals surface area (Å²) in [5, 5.41) is 8.46. The number of rotatable bonds is 3. The number of aromatic nitrogens is 5. The van der Waals surface area contributed by atoms with E-state index >= 15 is 0 Å². The Morgan fingerprint density at radius 2 is 1.76 bits per heavy atom. The van der Waals surface area contributed by atoms with Crippen LogP contribution < -0.4 is 4.74 Å². The van der Waals surface area contributed by atoms with E-state index in [0.717, 1.165) is 11.8 Å². The highest BCUT2D eigenvalue weighted by atomic mass is 19.4. The van der Waals surface area contributed by atoms with Gasteiger partial charge in [0.25, 0.3) is 0 Å². The van der Waals surface area contributed by atoms with E-state index in [-0.39, 0.29) is 22.4 Å². The minimum Gasteiger partial charge on any atom is -0.497 e. The molecule has 3 heterocycles. The van der Waals surface area contributed by atoms with E-state index in [1.165, 1.54) is 10.9 Å². The molecule has 3 aromatic heterocycles. The van der Waals surface area contributed by atoms with E-state index in [1.807, 2.05) is 0 Å². The van der Waals surface area contributed by atoms with Gasteiger partial charge in [0.15, 0.2) is 5.65 Å². The normalized spacial score (nSPS) is 12.0. The Bertz CT molecular complexity index is 1210. The van der Waals surface area contributed by atoms with Gasteiger partial charge in [0.2, 0.25) is 0 Å². The Balaban J connectivity index is 2.04. The SMILES string of the molecule is COc1ccc(-n2nc(C)c3c(C(F)(F)F)cc(-c4cnn(C)c4C)nc32)cc1. The lowest BCUT2D eigenvalue weighted by molar-refractivity contribution is -0.136. The molecule has 0 unspecified atom stereocenters. The molecule has 9 heteroatoms. The number of alkyl halides is 3. The van der Waals surface area contributed by atoms with Gasteiger partial charge in [0, 0.05) is 18.3 Å². The molecule has 0 aliphatic heterocycles. The first-order chi connectivity index (χ1) is 13.7. The number of fused-ring (bicyclic) bond motifs is 1. The Hall–Kier alpha value is -3.36. The van der Waals surface area contributed by atoms with Gasteiger partial charge in [-0.2, -0.15) is 23.4 Å². The van der Waals surface area contributed by atoms with E-state index in [9.17, 15) is 13.2 Å². The van der Waals surface area contributed by atoms with Crippen molar-refractivity contribution in [3.8, 4) is 22.7 Å². The number of aryl methyl sites for hydroxylation is 2. The summed E-state index contributed by atoms with van der Waals surface area (Å²) in [6.45, 7) is 3.34. The summed E-state index contributed by atoms with van der Waals surface area (Å²) in [6.07, 6.45) is -3.03. The van der Waals surface area contributed by atoms with Crippen LogP contribution in [0.3, 0.4) is 0 Å². The third kappa shape index (κ3) is 3.12. The van der Waals surface area contributed by atoms with Crippen molar-refractivity contribution in [2.75, 3.05) is 7.11 Å². The summed E-state index contributed by atoms with van der Waals surface area (Å²) < 4.78 is 49.9. The molecule has 0 atom stereocenters. The van der Waals surface area contributed by atoms with Crippen LogP contribution in [0.15, 0.2) is 36.5 Å². The highest BCUT2D eigenvalue weighted by Gasteiger charge is 2.36.